The molecule has 1 N–H and O–H groups in total. The Kier molecular flexibility index (Phi) is 4.75. The number of H-pyrrole nitrogens is 1. The molecule has 0 saturated carbocycles. The first kappa shape index (κ1) is 17.7. The fourth-order valence-corrected chi connectivity index (χ4v) is 2.85. The van der Waals surface area contributed by atoms with Gasteiger partial charge in [-0.25, -0.2) is 9.78 Å². The van der Waals surface area contributed by atoms with Crippen molar-refractivity contribution < 1.29 is 14.3 Å². The van der Waals surface area contributed by atoms with E-state index in [2.05, 4.69) is 9.97 Å². The number of ether oxygens (including phenoxy) is 1. The van der Waals surface area contributed by atoms with E-state index in [1.54, 1.807) is 19.1 Å². The summed E-state index contributed by atoms with van der Waals surface area (Å²) in [6.07, 6.45) is 0.556. The minimum absolute atomic E-state index is 0.230. The van der Waals surface area contributed by atoms with Gasteiger partial charge in [0, 0.05) is 42.5 Å². The third-order valence-corrected chi connectivity index (χ3v) is 4.23. The summed E-state index contributed by atoms with van der Waals surface area (Å²) in [6, 6.07) is 10.9. The van der Waals surface area contributed by atoms with E-state index in [0.717, 1.165) is 22.4 Å². The van der Waals surface area contributed by atoms with Crippen LogP contribution in [0.15, 0.2) is 42.6 Å². The first-order valence-electron chi connectivity index (χ1n) is 8.34. The smallest absolute Gasteiger partial charge is 0.340 e. The Labute approximate surface area is 151 Å². The van der Waals surface area contributed by atoms with Gasteiger partial charge in [0.15, 0.2) is 6.10 Å². The van der Waals surface area contributed by atoms with Crippen molar-refractivity contribution >= 4 is 28.5 Å². The SMILES string of the molecule is Cc1[nH]c2ccccc2c1C(=O)C(C)OC(=O)c1ccc(N(C)C)nc1. The fourth-order valence-electron chi connectivity index (χ4n) is 2.85. The molecule has 0 saturated heterocycles. The highest BCUT2D eigenvalue weighted by molar-refractivity contribution is 6.11. The number of carbonyl (C=O) groups is 2. The predicted molar refractivity (Wildman–Crippen MR) is 101 cm³/mol. The summed E-state index contributed by atoms with van der Waals surface area (Å²) < 4.78 is 5.37. The van der Waals surface area contributed by atoms with Gasteiger partial charge < -0.3 is 14.6 Å². The second-order valence-electron chi connectivity index (χ2n) is 6.38. The van der Waals surface area contributed by atoms with Gasteiger partial charge in [0.25, 0.3) is 0 Å². The summed E-state index contributed by atoms with van der Waals surface area (Å²) in [7, 11) is 3.73. The van der Waals surface area contributed by atoms with Gasteiger partial charge in [-0.05, 0) is 32.0 Å². The molecule has 1 aromatic carbocycles. The summed E-state index contributed by atoms with van der Waals surface area (Å²) >= 11 is 0. The number of aromatic nitrogens is 2. The lowest BCUT2D eigenvalue weighted by Gasteiger charge is -2.14. The van der Waals surface area contributed by atoms with Crippen LogP contribution < -0.4 is 4.90 Å². The monoisotopic (exact) mass is 351 g/mol. The van der Waals surface area contributed by atoms with Gasteiger partial charge >= 0.3 is 5.97 Å². The lowest BCUT2D eigenvalue weighted by atomic mass is 10.0. The van der Waals surface area contributed by atoms with Crippen molar-refractivity contribution in [3.63, 3.8) is 0 Å². The molecule has 2 heterocycles. The van der Waals surface area contributed by atoms with Crippen molar-refractivity contribution in [2.75, 3.05) is 19.0 Å². The molecule has 0 bridgehead atoms. The number of rotatable bonds is 5. The molecule has 26 heavy (non-hydrogen) atoms. The van der Waals surface area contributed by atoms with Crippen LogP contribution in [0.25, 0.3) is 10.9 Å². The van der Waals surface area contributed by atoms with Crippen molar-refractivity contribution in [2.45, 2.75) is 20.0 Å². The van der Waals surface area contributed by atoms with Gasteiger partial charge in [0.1, 0.15) is 5.82 Å². The van der Waals surface area contributed by atoms with Gasteiger partial charge in [0.2, 0.25) is 5.78 Å². The van der Waals surface area contributed by atoms with Gasteiger partial charge in [0.05, 0.1) is 5.56 Å². The normalized spacial score (nSPS) is 12.0. The molecule has 0 spiro atoms. The van der Waals surface area contributed by atoms with E-state index < -0.39 is 12.1 Å². The highest BCUT2D eigenvalue weighted by Gasteiger charge is 2.25. The highest BCUT2D eigenvalue weighted by atomic mass is 16.5. The average molecular weight is 351 g/mol. The molecule has 1 atom stereocenters. The molecule has 0 aliphatic rings. The van der Waals surface area contributed by atoms with Crippen molar-refractivity contribution in [1.82, 2.24) is 9.97 Å². The van der Waals surface area contributed by atoms with Crippen LogP contribution in [-0.4, -0.2) is 41.9 Å². The van der Waals surface area contributed by atoms with Gasteiger partial charge in [-0.1, -0.05) is 18.2 Å². The molecule has 6 heteroatoms. The number of benzene rings is 1. The zero-order valence-corrected chi connectivity index (χ0v) is 15.2. The Balaban J connectivity index is 1.78. The van der Waals surface area contributed by atoms with E-state index in [-0.39, 0.29) is 5.78 Å². The molecule has 0 aliphatic carbocycles. The van der Waals surface area contributed by atoms with Crippen LogP contribution in [-0.2, 0) is 4.74 Å². The number of aryl methyl sites for hydroxylation is 1. The summed E-state index contributed by atoms with van der Waals surface area (Å²) in [5.41, 5.74) is 2.51. The summed E-state index contributed by atoms with van der Waals surface area (Å²) in [4.78, 5) is 34.4. The van der Waals surface area contributed by atoms with E-state index in [1.165, 1.54) is 6.20 Å². The number of aromatic amines is 1. The molecule has 134 valence electrons. The minimum atomic E-state index is -0.895. The zero-order chi connectivity index (χ0) is 18.8. The zero-order valence-electron chi connectivity index (χ0n) is 15.2. The lowest BCUT2D eigenvalue weighted by molar-refractivity contribution is 0.0318. The number of hydrogen-bond acceptors (Lipinski definition) is 5. The van der Waals surface area contributed by atoms with E-state index >= 15 is 0 Å². The number of hydrogen-bond donors (Lipinski definition) is 1. The largest absolute Gasteiger partial charge is 0.451 e. The first-order valence-corrected chi connectivity index (χ1v) is 8.34. The van der Waals surface area contributed by atoms with Crippen LogP contribution in [0, 0.1) is 6.92 Å². The maximum absolute atomic E-state index is 12.8. The molecule has 6 nitrogen and oxygen atoms in total. The third-order valence-electron chi connectivity index (χ3n) is 4.23. The van der Waals surface area contributed by atoms with E-state index in [4.69, 9.17) is 4.74 Å². The van der Waals surface area contributed by atoms with E-state index in [9.17, 15) is 9.59 Å². The Morgan fingerprint density at radius 1 is 1.15 bits per heavy atom. The molecule has 3 rings (SSSR count). The number of Topliss-reactive ketones (excluding diaryl/α,β-unsaturated/α-hetero) is 1. The van der Waals surface area contributed by atoms with Crippen LogP contribution in [0.1, 0.15) is 33.3 Å². The molecule has 2 aromatic heterocycles. The number of carbonyl (C=O) groups excluding carboxylic acids is 2. The number of nitrogens with one attached hydrogen (secondary N) is 1. The van der Waals surface area contributed by atoms with E-state index in [1.807, 2.05) is 50.2 Å². The topological polar surface area (TPSA) is 75.3 Å². The summed E-state index contributed by atoms with van der Waals surface area (Å²) in [6.45, 7) is 3.43. The van der Waals surface area contributed by atoms with Crippen LogP contribution in [0.5, 0.6) is 0 Å². The number of pyridine rings is 1. The predicted octanol–water partition coefficient (Wildman–Crippen LogP) is 3.37. The second-order valence-corrected chi connectivity index (χ2v) is 6.38. The van der Waals surface area contributed by atoms with Crippen LogP contribution in [0.2, 0.25) is 0 Å². The third kappa shape index (κ3) is 3.31. The van der Waals surface area contributed by atoms with Crippen molar-refractivity contribution in [3.8, 4) is 0 Å². The standard InChI is InChI=1S/C20H21N3O3/c1-12-18(15-7-5-6-8-16(15)22-12)19(24)13(2)26-20(25)14-9-10-17(21-11-14)23(3)4/h5-11,13,22H,1-4H3. The number of para-hydroxylation sites is 1. The molecule has 0 fully saturated rings. The Bertz CT molecular complexity index is 958. The van der Waals surface area contributed by atoms with Gasteiger partial charge in [-0.2, -0.15) is 0 Å². The first-order chi connectivity index (χ1) is 12.4. The quantitative estimate of drug-likeness (QED) is 0.563. The van der Waals surface area contributed by atoms with Crippen molar-refractivity contribution in [1.29, 1.82) is 0 Å². The number of anilines is 1. The van der Waals surface area contributed by atoms with Gasteiger partial charge in [-0.15, -0.1) is 0 Å². The Hall–Kier alpha value is -3.15. The molecule has 1 unspecified atom stereocenters. The molecular weight excluding hydrogens is 330 g/mol. The molecular formula is C20H21N3O3. The Morgan fingerprint density at radius 2 is 1.88 bits per heavy atom. The van der Waals surface area contributed by atoms with Crippen LogP contribution in [0.3, 0.4) is 0 Å². The average Bonchev–Trinajstić information content (AvgIpc) is 2.96. The van der Waals surface area contributed by atoms with Gasteiger partial charge in [-0.3, -0.25) is 4.79 Å². The molecule has 3 aromatic rings. The number of esters is 1. The van der Waals surface area contributed by atoms with Crippen molar-refractivity contribution in [2.24, 2.45) is 0 Å². The maximum atomic E-state index is 12.8. The Morgan fingerprint density at radius 3 is 2.54 bits per heavy atom. The number of ketones is 1. The fraction of sp³-hybridized carbons (Fsp3) is 0.250. The van der Waals surface area contributed by atoms with E-state index in [0.29, 0.717) is 11.1 Å². The second kappa shape index (κ2) is 7.00. The van der Waals surface area contributed by atoms with Crippen LogP contribution in [0.4, 0.5) is 5.82 Å². The summed E-state index contributed by atoms with van der Waals surface area (Å²) in [5, 5.41) is 0.829. The lowest BCUT2D eigenvalue weighted by Crippen LogP contribution is -2.25. The number of fused-ring (bicyclic) bond motifs is 1. The minimum Gasteiger partial charge on any atom is -0.451 e. The molecule has 0 aliphatic heterocycles. The molecule has 0 amide bonds. The highest BCUT2D eigenvalue weighted by Crippen LogP contribution is 2.24. The number of nitrogens with zero attached hydrogens (tertiary/aromatic N) is 2. The molecule has 0 radical (unpaired) electrons. The van der Waals surface area contributed by atoms with Crippen LogP contribution >= 0.6 is 0 Å². The van der Waals surface area contributed by atoms with Crippen molar-refractivity contribution in [3.05, 3.63) is 59.4 Å². The maximum Gasteiger partial charge on any atom is 0.340 e. The summed E-state index contributed by atoms with van der Waals surface area (Å²) in [5.74, 6) is -0.0626.